The monoisotopic (exact) mass is 492 g/mol. The number of ether oxygens (including phenoxy) is 3. The number of carbonyl (C=O) groups is 1. The summed E-state index contributed by atoms with van der Waals surface area (Å²) in [7, 11) is 3.29. The number of hydrogen-bond donors (Lipinski definition) is 3. The predicted molar refractivity (Wildman–Crippen MR) is 137 cm³/mol. The lowest BCUT2D eigenvalue weighted by atomic mass is 9.82. The van der Waals surface area contributed by atoms with E-state index in [2.05, 4.69) is 19.2 Å². The molecule has 1 aromatic carbocycles. The van der Waals surface area contributed by atoms with Crippen molar-refractivity contribution in [2.75, 3.05) is 34.0 Å². The van der Waals surface area contributed by atoms with E-state index < -0.39 is 12.1 Å². The first-order valence-corrected chi connectivity index (χ1v) is 12.4. The number of aliphatic hydroxyl groups is 1. The normalized spacial score (nSPS) is 14.5. The highest BCUT2D eigenvalue weighted by Crippen LogP contribution is 2.31. The van der Waals surface area contributed by atoms with E-state index in [9.17, 15) is 14.7 Å². The van der Waals surface area contributed by atoms with E-state index in [-0.39, 0.29) is 24.2 Å². The summed E-state index contributed by atoms with van der Waals surface area (Å²) in [5, 5.41) is 13.4. The van der Waals surface area contributed by atoms with Gasteiger partial charge in [0.1, 0.15) is 5.94 Å². The van der Waals surface area contributed by atoms with Gasteiger partial charge in [-0.15, -0.1) is 0 Å². The van der Waals surface area contributed by atoms with Crippen LogP contribution in [0.4, 0.5) is 0 Å². The summed E-state index contributed by atoms with van der Waals surface area (Å²) in [6.07, 6.45) is 3.47. The van der Waals surface area contributed by atoms with Gasteiger partial charge in [0.2, 0.25) is 5.91 Å². The highest BCUT2D eigenvalue weighted by Gasteiger charge is 2.26. The highest BCUT2D eigenvalue weighted by molar-refractivity contribution is 5.78. The van der Waals surface area contributed by atoms with Crippen LogP contribution in [0.1, 0.15) is 52.0 Å². The van der Waals surface area contributed by atoms with E-state index in [0.29, 0.717) is 50.0 Å². The van der Waals surface area contributed by atoms with Crippen LogP contribution >= 0.6 is 0 Å². The van der Waals surface area contributed by atoms with Crippen molar-refractivity contribution < 1.29 is 28.9 Å². The fourth-order valence-electron chi connectivity index (χ4n) is 3.89. The first-order valence-electron chi connectivity index (χ1n) is 12.4. The number of nitrogens with one attached hydrogen (secondary N) is 1. The molecule has 0 saturated carbocycles. The van der Waals surface area contributed by atoms with Gasteiger partial charge in [-0.3, -0.25) is 4.79 Å². The number of rotatable bonds is 18. The fourth-order valence-corrected chi connectivity index (χ4v) is 3.89. The standard InChI is InChI=1S/C27H44N2O6/c1-19(2)22(16-21-9-10-25(34-5)26(17-21)35-14-8-13-33-4)18-23(28)24(31)15-20(3)27(32)29-11-6-7-12-30/h7,9-10,17,19-20,22-24,31H,6,8,11,13-16,18,28H2,1-5H3,(H,29,32)/t20-,22+,23+,24+/m1/s1. The molecule has 0 saturated heterocycles. The molecule has 0 aliphatic carbocycles. The summed E-state index contributed by atoms with van der Waals surface area (Å²) < 4.78 is 16.4. The zero-order valence-corrected chi connectivity index (χ0v) is 21.9. The molecule has 0 unspecified atom stereocenters. The molecule has 0 radical (unpaired) electrons. The first-order chi connectivity index (χ1) is 16.7. The molecule has 1 aromatic rings. The Hall–Kier alpha value is -2.38. The van der Waals surface area contributed by atoms with E-state index in [1.807, 2.05) is 18.2 Å². The molecule has 35 heavy (non-hydrogen) atoms. The van der Waals surface area contributed by atoms with Crippen LogP contribution in [0, 0.1) is 17.8 Å². The Kier molecular flexibility index (Phi) is 15.0. The molecule has 4 atom stereocenters. The minimum atomic E-state index is -0.789. The Morgan fingerprint density at radius 3 is 2.54 bits per heavy atom. The number of aliphatic hydroxyl groups excluding tert-OH is 1. The molecule has 1 amide bonds. The lowest BCUT2D eigenvalue weighted by molar-refractivity contribution is -0.125. The Bertz CT molecular complexity index is 794. The number of benzene rings is 1. The molecule has 0 fully saturated rings. The molecule has 0 aliphatic rings. The SMILES string of the molecule is COCCCOc1cc(C[C@@H](C[C@H](N)[C@@H](O)C[C@@H](C)C(=O)NCCC=C=O)C(C)C)ccc1OC. The van der Waals surface area contributed by atoms with E-state index in [0.717, 1.165) is 18.4 Å². The van der Waals surface area contributed by atoms with Gasteiger partial charge >= 0.3 is 0 Å². The molecular weight excluding hydrogens is 448 g/mol. The first kappa shape index (κ1) is 30.7. The summed E-state index contributed by atoms with van der Waals surface area (Å²) in [4.78, 5) is 22.4. The molecule has 8 heteroatoms. The zero-order chi connectivity index (χ0) is 26.2. The van der Waals surface area contributed by atoms with Crippen molar-refractivity contribution in [3.63, 3.8) is 0 Å². The quantitative estimate of drug-likeness (QED) is 0.213. The third kappa shape index (κ3) is 11.7. The summed E-state index contributed by atoms with van der Waals surface area (Å²) in [6, 6.07) is 5.51. The molecular formula is C27H44N2O6. The number of carbonyl (C=O) groups excluding carboxylic acids is 2. The smallest absolute Gasteiger partial charge is 0.222 e. The number of hydrogen-bond acceptors (Lipinski definition) is 7. The summed E-state index contributed by atoms with van der Waals surface area (Å²) in [5.41, 5.74) is 7.50. The van der Waals surface area contributed by atoms with E-state index in [4.69, 9.17) is 19.9 Å². The molecule has 4 N–H and O–H groups in total. The van der Waals surface area contributed by atoms with Crippen molar-refractivity contribution >= 4 is 11.8 Å². The average molecular weight is 493 g/mol. The molecule has 0 heterocycles. The van der Waals surface area contributed by atoms with E-state index in [1.165, 1.54) is 6.08 Å². The van der Waals surface area contributed by atoms with Gasteiger partial charge in [0.15, 0.2) is 11.5 Å². The minimum absolute atomic E-state index is 0.160. The maximum Gasteiger partial charge on any atom is 0.222 e. The van der Waals surface area contributed by atoms with Crippen LogP contribution in [0.25, 0.3) is 0 Å². The van der Waals surface area contributed by atoms with Gasteiger partial charge in [-0.1, -0.05) is 26.8 Å². The Labute approximate surface area is 210 Å². The Morgan fingerprint density at radius 2 is 1.91 bits per heavy atom. The molecule has 0 aliphatic heterocycles. The third-order valence-corrected chi connectivity index (χ3v) is 6.20. The highest BCUT2D eigenvalue weighted by atomic mass is 16.5. The second-order valence-electron chi connectivity index (χ2n) is 9.39. The van der Waals surface area contributed by atoms with E-state index >= 15 is 0 Å². The number of nitrogens with two attached hydrogens (primary N) is 1. The topological polar surface area (TPSA) is 120 Å². The molecule has 0 bridgehead atoms. The number of amides is 1. The van der Waals surface area contributed by atoms with Crippen molar-refractivity contribution in [1.29, 1.82) is 0 Å². The van der Waals surface area contributed by atoms with Crippen LogP contribution in [0.3, 0.4) is 0 Å². The van der Waals surface area contributed by atoms with Crippen LogP contribution in [-0.2, 0) is 20.7 Å². The molecule has 0 spiro atoms. The maximum absolute atomic E-state index is 12.2. The lowest BCUT2D eigenvalue weighted by Crippen LogP contribution is -2.41. The number of methoxy groups -OCH3 is 2. The summed E-state index contributed by atoms with van der Waals surface area (Å²) in [5.74, 6) is 3.14. The van der Waals surface area contributed by atoms with Crippen molar-refractivity contribution in [1.82, 2.24) is 5.32 Å². The van der Waals surface area contributed by atoms with Crippen LogP contribution < -0.4 is 20.5 Å². The van der Waals surface area contributed by atoms with Gasteiger partial charge in [-0.05, 0) is 55.2 Å². The Morgan fingerprint density at radius 1 is 1.17 bits per heavy atom. The predicted octanol–water partition coefficient (Wildman–Crippen LogP) is 2.92. The van der Waals surface area contributed by atoms with Crippen LogP contribution in [0.2, 0.25) is 0 Å². The van der Waals surface area contributed by atoms with Gasteiger partial charge in [0.05, 0.1) is 19.8 Å². The molecule has 0 aromatic heterocycles. The third-order valence-electron chi connectivity index (χ3n) is 6.20. The molecule has 198 valence electrons. The van der Waals surface area contributed by atoms with Crippen molar-refractivity contribution in [2.45, 2.75) is 65.0 Å². The fraction of sp³-hybridized carbons (Fsp3) is 0.667. The summed E-state index contributed by atoms with van der Waals surface area (Å²) >= 11 is 0. The molecule has 1 rings (SSSR count). The molecule has 8 nitrogen and oxygen atoms in total. The zero-order valence-electron chi connectivity index (χ0n) is 21.9. The van der Waals surface area contributed by atoms with Gasteiger partial charge in [0.25, 0.3) is 0 Å². The Balaban J connectivity index is 2.72. The van der Waals surface area contributed by atoms with Crippen molar-refractivity contribution in [2.24, 2.45) is 23.5 Å². The van der Waals surface area contributed by atoms with Crippen LogP contribution in [-0.4, -0.2) is 63.1 Å². The maximum atomic E-state index is 12.2. The van der Waals surface area contributed by atoms with Gasteiger partial charge in [-0.2, -0.15) is 0 Å². The largest absolute Gasteiger partial charge is 0.493 e. The second kappa shape index (κ2) is 17.1. The minimum Gasteiger partial charge on any atom is -0.493 e. The van der Waals surface area contributed by atoms with Crippen LogP contribution in [0.15, 0.2) is 24.3 Å². The average Bonchev–Trinajstić information content (AvgIpc) is 2.83. The van der Waals surface area contributed by atoms with Crippen LogP contribution in [0.5, 0.6) is 11.5 Å². The van der Waals surface area contributed by atoms with E-state index in [1.54, 1.807) is 27.1 Å². The lowest BCUT2D eigenvalue weighted by Gasteiger charge is -2.28. The van der Waals surface area contributed by atoms with Gasteiger partial charge in [-0.25, -0.2) is 4.79 Å². The van der Waals surface area contributed by atoms with Gasteiger partial charge in [0, 0.05) is 44.7 Å². The van der Waals surface area contributed by atoms with Crippen molar-refractivity contribution in [3.05, 3.63) is 29.8 Å². The summed E-state index contributed by atoms with van der Waals surface area (Å²) in [6.45, 7) is 7.62. The van der Waals surface area contributed by atoms with Crippen molar-refractivity contribution in [3.8, 4) is 11.5 Å². The second-order valence-corrected chi connectivity index (χ2v) is 9.39. The van der Waals surface area contributed by atoms with Gasteiger partial charge < -0.3 is 30.4 Å².